The third kappa shape index (κ3) is 2.83. The van der Waals surface area contributed by atoms with Crippen LogP contribution in [0.15, 0.2) is 46.2 Å². The van der Waals surface area contributed by atoms with Crippen molar-refractivity contribution in [1.29, 1.82) is 0 Å². The largest absolute Gasteiger partial charge is 0.392 e. The molecule has 0 heterocycles. The van der Waals surface area contributed by atoms with Crippen LogP contribution in [0.25, 0.3) is 0 Å². The van der Waals surface area contributed by atoms with Gasteiger partial charge < -0.3 is 5.11 Å². The summed E-state index contributed by atoms with van der Waals surface area (Å²) >= 11 is 6.85. The molecular formula is C13H9ClF2OS. The molecule has 2 aromatic rings. The highest BCUT2D eigenvalue weighted by Gasteiger charge is 2.13. The fourth-order valence-corrected chi connectivity index (χ4v) is 2.54. The molecule has 0 unspecified atom stereocenters. The van der Waals surface area contributed by atoms with Crippen LogP contribution < -0.4 is 0 Å². The topological polar surface area (TPSA) is 20.2 Å². The lowest BCUT2D eigenvalue weighted by atomic mass is 10.2. The molecule has 1 nitrogen and oxygen atoms in total. The summed E-state index contributed by atoms with van der Waals surface area (Å²) in [6.45, 7) is -0.398. The Balaban J connectivity index is 2.38. The maximum absolute atomic E-state index is 13.7. The summed E-state index contributed by atoms with van der Waals surface area (Å²) in [6, 6.07) is 9.05. The van der Waals surface area contributed by atoms with Gasteiger partial charge in [0.25, 0.3) is 0 Å². The molecule has 1 N–H and O–H groups in total. The summed E-state index contributed by atoms with van der Waals surface area (Å²) in [5.74, 6) is -1.41. The van der Waals surface area contributed by atoms with Crippen molar-refractivity contribution in [2.45, 2.75) is 16.4 Å². The highest BCUT2D eigenvalue weighted by atomic mass is 35.5. The van der Waals surface area contributed by atoms with Gasteiger partial charge in [0, 0.05) is 4.90 Å². The first-order valence-corrected chi connectivity index (χ1v) is 6.32. The van der Waals surface area contributed by atoms with Crippen molar-refractivity contribution in [3.8, 4) is 0 Å². The molecule has 0 aliphatic heterocycles. The van der Waals surface area contributed by atoms with Crippen molar-refractivity contribution in [1.82, 2.24) is 0 Å². The van der Waals surface area contributed by atoms with Gasteiger partial charge in [-0.25, -0.2) is 8.78 Å². The van der Waals surface area contributed by atoms with E-state index in [0.717, 1.165) is 23.9 Å². The van der Waals surface area contributed by atoms with Crippen LogP contribution in [0.1, 0.15) is 5.56 Å². The van der Waals surface area contributed by atoms with Gasteiger partial charge in [-0.05, 0) is 29.8 Å². The fourth-order valence-electron chi connectivity index (χ4n) is 1.44. The zero-order chi connectivity index (χ0) is 13.1. The van der Waals surface area contributed by atoms with Crippen LogP contribution >= 0.6 is 23.4 Å². The lowest BCUT2D eigenvalue weighted by molar-refractivity contribution is 0.280. The summed E-state index contributed by atoms with van der Waals surface area (Å²) in [4.78, 5) is 0.453. The van der Waals surface area contributed by atoms with Gasteiger partial charge in [-0.3, -0.25) is 0 Å². The van der Waals surface area contributed by atoms with Gasteiger partial charge in [-0.15, -0.1) is 0 Å². The molecule has 0 fully saturated rings. The molecule has 0 aliphatic rings. The normalized spacial score (nSPS) is 10.7. The molecule has 0 saturated heterocycles. The number of hydrogen-bond acceptors (Lipinski definition) is 2. The molecule has 0 amide bonds. The minimum absolute atomic E-state index is 0.125. The molecule has 5 heteroatoms. The van der Waals surface area contributed by atoms with Crippen molar-refractivity contribution in [3.05, 3.63) is 58.6 Å². The van der Waals surface area contributed by atoms with Gasteiger partial charge in [0.2, 0.25) is 0 Å². The van der Waals surface area contributed by atoms with E-state index in [-0.39, 0.29) is 10.5 Å². The van der Waals surface area contributed by atoms with Crippen LogP contribution in [-0.2, 0) is 6.61 Å². The molecule has 0 atom stereocenters. The molecule has 0 saturated carbocycles. The van der Waals surface area contributed by atoms with Gasteiger partial charge in [-0.2, -0.15) is 0 Å². The maximum Gasteiger partial charge on any atom is 0.140 e. The zero-order valence-electron chi connectivity index (χ0n) is 9.16. The third-order valence-corrected chi connectivity index (χ3v) is 3.90. The Morgan fingerprint density at radius 2 is 1.72 bits per heavy atom. The van der Waals surface area contributed by atoms with E-state index in [9.17, 15) is 8.78 Å². The van der Waals surface area contributed by atoms with Gasteiger partial charge in [0.05, 0.1) is 16.5 Å². The van der Waals surface area contributed by atoms with E-state index < -0.39 is 18.2 Å². The number of aliphatic hydroxyl groups is 1. The average Bonchev–Trinajstić information content (AvgIpc) is 2.35. The first-order chi connectivity index (χ1) is 8.61. The Labute approximate surface area is 112 Å². The van der Waals surface area contributed by atoms with Crippen LogP contribution in [0.4, 0.5) is 8.78 Å². The Bertz CT molecular complexity index is 552. The minimum Gasteiger partial charge on any atom is -0.392 e. The standard InChI is InChI=1S/C13H9ClF2OS/c14-9-3-1-2-4-12(9)18-13-10(15)5-8(7-17)6-11(13)16/h1-6,17H,7H2. The number of benzene rings is 2. The van der Waals surface area contributed by atoms with Crippen LogP contribution in [0, 0.1) is 11.6 Å². The Kier molecular flexibility index (Phi) is 4.22. The molecular weight excluding hydrogens is 278 g/mol. The van der Waals surface area contributed by atoms with Crippen molar-refractivity contribution in [3.63, 3.8) is 0 Å². The number of rotatable bonds is 3. The van der Waals surface area contributed by atoms with E-state index in [2.05, 4.69) is 0 Å². The first-order valence-electron chi connectivity index (χ1n) is 5.13. The molecule has 94 valence electrons. The quantitative estimate of drug-likeness (QED) is 0.910. The van der Waals surface area contributed by atoms with E-state index in [4.69, 9.17) is 16.7 Å². The lowest BCUT2D eigenvalue weighted by Crippen LogP contribution is -1.93. The number of hydrogen-bond donors (Lipinski definition) is 1. The van der Waals surface area contributed by atoms with E-state index in [0.29, 0.717) is 9.92 Å². The van der Waals surface area contributed by atoms with Gasteiger partial charge in [-0.1, -0.05) is 35.5 Å². The van der Waals surface area contributed by atoms with Gasteiger partial charge in [0.1, 0.15) is 11.6 Å². The number of aliphatic hydroxyl groups excluding tert-OH is 1. The predicted octanol–water partition coefficient (Wildman–Crippen LogP) is 4.26. The van der Waals surface area contributed by atoms with E-state index in [1.54, 1.807) is 24.3 Å². The smallest absolute Gasteiger partial charge is 0.140 e. The van der Waals surface area contributed by atoms with Crippen molar-refractivity contribution < 1.29 is 13.9 Å². The molecule has 2 rings (SSSR count). The lowest BCUT2D eigenvalue weighted by Gasteiger charge is -2.07. The summed E-state index contributed by atoms with van der Waals surface area (Å²) in [5, 5.41) is 9.29. The van der Waals surface area contributed by atoms with E-state index in [1.165, 1.54) is 0 Å². The monoisotopic (exact) mass is 286 g/mol. The van der Waals surface area contributed by atoms with Gasteiger partial charge in [0.15, 0.2) is 0 Å². The summed E-state index contributed by atoms with van der Waals surface area (Å²) in [5.41, 5.74) is 0.202. The van der Waals surface area contributed by atoms with Crippen molar-refractivity contribution >= 4 is 23.4 Å². The van der Waals surface area contributed by atoms with Crippen LogP contribution in [0.3, 0.4) is 0 Å². The predicted molar refractivity (Wildman–Crippen MR) is 67.9 cm³/mol. The highest BCUT2D eigenvalue weighted by Crippen LogP contribution is 2.36. The minimum atomic E-state index is -0.705. The van der Waals surface area contributed by atoms with E-state index >= 15 is 0 Å². The molecule has 0 radical (unpaired) electrons. The van der Waals surface area contributed by atoms with Crippen LogP contribution in [0.2, 0.25) is 5.02 Å². The second-order valence-electron chi connectivity index (χ2n) is 3.58. The second kappa shape index (κ2) is 5.69. The third-order valence-electron chi connectivity index (χ3n) is 2.29. The molecule has 2 aromatic carbocycles. The summed E-state index contributed by atoms with van der Waals surface area (Å²) in [7, 11) is 0. The van der Waals surface area contributed by atoms with Gasteiger partial charge >= 0.3 is 0 Å². The van der Waals surface area contributed by atoms with Crippen LogP contribution in [0.5, 0.6) is 0 Å². The fraction of sp³-hybridized carbons (Fsp3) is 0.0769. The van der Waals surface area contributed by atoms with Crippen molar-refractivity contribution in [2.24, 2.45) is 0 Å². The number of halogens is 3. The van der Waals surface area contributed by atoms with Crippen molar-refractivity contribution in [2.75, 3.05) is 0 Å². The highest BCUT2D eigenvalue weighted by molar-refractivity contribution is 7.99. The molecule has 0 bridgehead atoms. The summed E-state index contributed by atoms with van der Waals surface area (Å²) < 4.78 is 27.4. The van der Waals surface area contributed by atoms with E-state index in [1.807, 2.05) is 0 Å². The zero-order valence-corrected chi connectivity index (χ0v) is 10.7. The molecule has 0 spiro atoms. The Morgan fingerprint density at radius 3 is 2.28 bits per heavy atom. The average molecular weight is 287 g/mol. The Morgan fingerprint density at radius 1 is 1.11 bits per heavy atom. The molecule has 0 aromatic heterocycles. The van der Waals surface area contributed by atoms with Crippen LogP contribution in [-0.4, -0.2) is 5.11 Å². The first kappa shape index (κ1) is 13.3. The molecule has 18 heavy (non-hydrogen) atoms. The SMILES string of the molecule is OCc1cc(F)c(Sc2ccccc2Cl)c(F)c1. The second-order valence-corrected chi connectivity index (χ2v) is 5.04. The summed E-state index contributed by atoms with van der Waals surface area (Å²) in [6.07, 6.45) is 0. The molecule has 0 aliphatic carbocycles. The Hall–Kier alpha value is -1.10. The maximum atomic E-state index is 13.7.